The molecule has 0 saturated carbocycles. The summed E-state index contributed by atoms with van der Waals surface area (Å²) in [5, 5.41) is 2.85. The van der Waals surface area contributed by atoms with Crippen molar-refractivity contribution >= 4 is 27.5 Å². The van der Waals surface area contributed by atoms with Crippen molar-refractivity contribution in [3.63, 3.8) is 0 Å². The zero-order chi connectivity index (χ0) is 27.7. The Kier molecular flexibility index (Phi) is 10.1. The highest BCUT2D eigenvalue weighted by Crippen LogP contribution is 2.25. The smallest absolute Gasteiger partial charge is 0.264 e. The van der Waals surface area contributed by atoms with Crippen molar-refractivity contribution in [2.45, 2.75) is 51.5 Å². The highest BCUT2D eigenvalue weighted by atomic mass is 32.2. The summed E-state index contributed by atoms with van der Waals surface area (Å²) in [6.07, 6.45) is 1.31. The van der Waals surface area contributed by atoms with Crippen LogP contribution in [0.1, 0.15) is 37.0 Å². The van der Waals surface area contributed by atoms with Crippen molar-refractivity contribution in [2.75, 3.05) is 23.9 Å². The van der Waals surface area contributed by atoms with Crippen LogP contribution in [0.3, 0.4) is 0 Å². The largest absolute Gasteiger partial charge is 0.354 e. The molecule has 8 heteroatoms. The minimum absolute atomic E-state index is 0.0982. The van der Waals surface area contributed by atoms with Crippen molar-refractivity contribution < 1.29 is 18.0 Å². The van der Waals surface area contributed by atoms with Gasteiger partial charge in [0.15, 0.2) is 0 Å². The lowest BCUT2D eigenvalue weighted by atomic mass is 10.1. The molecule has 0 aliphatic rings. The van der Waals surface area contributed by atoms with Crippen LogP contribution >= 0.6 is 0 Å². The number of amides is 2. The van der Waals surface area contributed by atoms with E-state index in [1.54, 1.807) is 43.3 Å². The van der Waals surface area contributed by atoms with Crippen LogP contribution in [0.2, 0.25) is 0 Å². The highest BCUT2D eigenvalue weighted by Gasteiger charge is 2.32. The first-order valence-corrected chi connectivity index (χ1v) is 14.3. The van der Waals surface area contributed by atoms with E-state index in [9.17, 15) is 18.0 Å². The Hall–Kier alpha value is -3.65. The van der Waals surface area contributed by atoms with Crippen LogP contribution in [-0.4, -0.2) is 50.8 Å². The van der Waals surface area contributed by atoms with Crippen molar-refractivity contribution in [3.8, 4) is 0 Å². The van der Waals surface area contributed by atoms with Gasteiger partial charge in [0.25, 0.3) is 10.0 Å². The van der Waals surface area contributed by atoms with E-state index in [4.69, 9.17) is 0 Å². The lowest BCUT2D eigenvalue weighted by Crippen LogP contribution is -2.52. The van der Waals surface area contributed by atoms with E-state index in [1.807, 2.05) is 63.2 Å². The summed E-state index contributed by atoms with van der Waals surface area (Å²) in [5.41, 5.74) is 3.31. The van der Waals surface area contributed by atoms with Gasteiger partial charge < -0.3 is 10.2 Å². The summed E-state index contributed by atoms with van der Waals surface area (Å²) in [7, 11) is -4.05. The Bertz CT molecular complexity index is 1310. The molecule has 3 aromatic carbocycles. The maximum atomic E-state index is 13.8. The third kappa shape index (κ3) is 7.44. The van der Waals surface area contributed by atoms with Gasteiger partial charge in [-0.1, -0.05) is 72.6 Å². The molecule has 0 aliphatic heterocycles. The summed E-state index contributed by atoms with van der Waals surface area (Å²) in [4.78, 5) is 28.2. The maximum Gasteiger partial charge on any atom is 0.264 e. The van der Waals surface area contributed by atoms with Gasteiger partial charge in [-0.3, -0.25) is 13.9 Å². The minimum Gasteiger partial charge on any atom is -0.354 e. The Morgan fingerprint density at radius 1 is 0.868 bits per heavy atom. The molecule has 202 valence electrons. The molecular weight excluding hydrogens is 498 g/mol. The number of nitrogens with zero attached hydrogens (tertiary/aromatic N) is 2. The van der Waals surface area contributed by atoms with Crippen LogP contribution in [-0.2, 0) is 26.0 Å². The molecule has 38 heavy (non-hydrogen) atoms. The molecule has 0 heterocycles. The molecule has 0 fully saturated rings. The topological polar surface area (TPSA) is 86.8 Å². The molecule has 7 nitrogen and oxygen atoms in total. The molecule has 3 rings (SSSR count). The normalized spacial score (nSPS) is 12.0. The van der Waals surface area contributed by atoms with Gasteiger partial charge >= 0.3 is 0 Å². The van der Waals surface area contributed by atoms with Crippen LogP contribution in [0.15, 0.2) is 83.8 Å². The first-order chi connectivity index (χ1) is 18.1. The molecule has 1 atom stereocenters. The third-order valence-electron chi connectivity index (χ3n) is 6.41. The van der Waals surface area contributed by atoms with Gasteiger partial charge in [-0.25, -0.2) is 8.42 Å². The van der Waals surface area contributed by atoms with Gasteiger partial charge in [0.1, 0.15) is 12.6 Å². The number of rotatable bonds is 12. The van der Waals surface area contributed by atoms with Crippen molar-refractivity contribution in [2.24, 2.45) is 0 Å². The number of carbonyl (C=O) groups excluding carboxylic acids is 2. The summed E-state index contributed by atoms with van der Waals surface area (Å²) in [6, 6.07) is 22.5. The lowest BCUT2D eigenvalue weighted by Gasteiger charge is -2.32. The Balaban J connectivity index is 1.95. The second kappa shape index (κ2) is 13.2. The molecular formula is C30H37N3O4S. The number of nitrogens with one attached hydrogen (secondary N) is 1. The number of aryl methyl sites for hydroxylation is 2. The summed E-state index contributed by atoms with van der Waals surface area (Å²) in [6.45, 7) is 7.77. The van der Waals surface area contributed by atoms with Gasteiger partial charge in [-0.2, -0.15) is 0 Å². The number of anilines is 1. The molecule has 1 N–H and O–H groups in total. The Labute approximate surface area is 226 Å². The molecule has 3 aromatic rings. The van der Waals surface area contributed by atoms with Gasteiger partial charge in [-0.15, -0.1) is 0 Å². The zero-order valence-corrected chi connectivity index (χ0v) is 23.4. The molecule has 0 bridgehead atoms. The molecule has 0 aromatic heterocycles. The SMILES string of the molecule is CCCNC(=O)[C@@H](C)N(CCc1ccccc1)C(=O)CN(c1ccc(C)cc1)S(=O)(=O)c1ccc(C)cc1. The minimum atomic E-state index is -4.05. The molecule has 0 unspecified atom stereocenters. The fourth-order valence-electron chi connectivity index (χ4n) is 4.04. The fourth-order valence-corrected chi connectivity index (χ4v) is 5.46. The van der Waals surface area contributed by atoms with Gasteiger partial charge in [0, 0.05) is 13.1 Å². The second-order valence-electron chi connectivity index (χ2n) is 9.45. The van der Waals surface area contributed by atoms with Crippen LogP contribution < -0.4 is 9.62 Å². The quantitative estimate of drug-likeness (QED) is 0.370. The molecule has 2 amide bonds. The average molecular weight is 536 g/mol. The fraction of sp³-hybridized carbons (Fsp3) is 0.333. The Morgan fingerprint density at radius 3 is 2.03 bits per heavy atom. The lowest BCUT2D eigenvalue weighted by molar-refractivity contribution is -0.138. The highest BCUT2D eigenvalue weighted by molar-refractivity contribution is 7.92. The van der Waals surface area contributed by atoms with Crippen LogP contribution in [0.25, 0.3) is 0 Å². The predicted octanol–water partition coefficient (Wildman–Crippen LogP) is 4.48. The van der Waals surface area contributed by atoms with E-state index < -0.39 is 28.5 Å². The van der Waals surface area contributed by atoms with E-state index in [-0.39, 0.29) is 17.3 Å². The number of hydrogen-bond acceptors (Lipinski definition) is 4. The second-order valence-corrected chi connectivity index (χ2v) is 11.3. The van der Waals surface area contributed by atoms with Gasteiger partial charge in [0.05, 0.1) is 10.6 Å². The monoisotopic (exact) mass is 535 g/mol. The molecule has 0 spiro atoms. The standard InChI is InChI=1S/C30H37N3O4S/c1-5-20-31-30(35)25(4)32(21-19-26-9-7-6-8-10-26)29(34)22-33(27-15-11-23(2)12-16-27)38(36,37)28-17-13-24(3)14-18-28/h6-18,25H,5,19-22H2,1-4H3,(H,31,35)/t25-/m1/s1. The zero-order valence-electron chi connectivity index (χ0n) is 22.6. The number of sulfonamides is 1. The maximum absolute atomic E-state index is 13.8. The van der Waals surface area contributed by atoms with Gasteiger partial charge in [0.2, 0.25) is 11.8 Å². The summed E-state index contributed by atoms with van der Waals surface area (Å²) >= 11 is 0. The molecule has 0 saturated heterocycles. The predicted molar refractivity (Wildman–Crippen MR) is 152 cm³/mol. The van der Waals surface area contributed by atoms with Crippen molar-refractivity contribution in [1.29, 1.82) is 0 Å². The summed E-state index contributed by atoms with van der Waals surface area (Å²) in [5.74, 6) is -0.715. The first-order valence-electron chi connectivity index (χ1n) is 12.9. The Morgan fingerprint density at radius 2 is 1.45 bits per heavy atom. The number of carbonyl (C=O) groups is 2. The summed E-state index contributed by atoms with van der Waals surface area (Å²) < 4.78 is 28.7. The number of benzene rings is 3. The van der Waals surface area contributed by atoms with E-state index in [0.717, 1.165) is 27.4 Å². The number of hydrogen-bond donors (Lipinski definition) is 1. The van der Waals surface area contributed by atoms with Crippen LogP contribution in [0, 0.1) is 13.8 Å². The molecule has 0 aliphatic carbocycles. The van der Waals surface area contributed by atoms with Crippen molar-refractivity contribution in [3.05, 3.63) is 95.6 Å². The van der Waals surface area contributed by atoms with Crippen LogP contribution in [0.5, 0.6) is 0 Å². The third-order valence-corrected chi connectivity index (χ3v) is 8.20. The van der Waals surface area contributed by atoms with E-state index in [0.29, 0.717) is 18.7 Å². The van der Waals surface area contributed by atoms with Crippen LogP contribution in [0.4, 0.5) is 5.69 Å². The van der Waals surface area contributed by atoms with E-state index in [1.165, 1.54) is 4.90 Å². The average Bonchev–Trinajstić information content (AvgIpc) is 2.91. The van der Waals surface area contributed by atoms with E-state index in [2.05, 4.69) is 5.32 Å². The molecule has 0 radical (unpaired) electrons. The van der Waals surface area contributed by atoms with E-state index >= 15 is 0 Å². The van der Waals surface area contributed by atoms with Crippen molar-refractivity contribution in [1.82, 2.24) is 10.2 Å². The van der Waals surface area contributed by atoms with Gasteiger partial charge in [-0.05, 0) is 63.4 Å². The first kappa shape index (κ1) is 28.9.